The largest absolute Gasteiger partial charge is 0.478 e. The maximum atomic E-state index is 5.69. The number of pyridine rings is 1. The first kappa shape index (κ1) is 12.4. The van der Waals surface area contributed by atoms with E-state index in [4.69, 9.17) is 4.74 Å². The standard InChI is InChI=1S/C14H22N2O/c1-11-13(10-15-2)6-7-14(16-11)17-9-8-12-4-3-5-12/h6-7,12,15H,3-5,8-10H2,1-2H3. The number of nitrogens with zero attached hydrogens (tertiary/aromatic N) is 1. The Bertz CT molecular complexity index is 361. The molecule has 1 fully saturated rings. The van der Waals surface area contributed by atoms with E-state index in [1.165, 1.54) is 31.2 Å². The molecule has 2 rings (SSSR count). The normalized spacial score (nSPS) is 15.6. The van der Waals surface area contributed by atoms with Gasteiger partial charge < -0.3 is 10.1 Å². The maximum Gasteiger partial charge on any atom is 0.213 e. The van der Waals surface area contributed by atoms with E-state index < -0.39 is 0 Å². The summed E-state index contributed by atoms with van der Waals surface area (Å²) in [6.07, 6.45) is 5.35. The van der Waals surface area contributed by atoms with E-state index in [9.17, 15) is 0 Å². The van der Waals surface area contributed by atoms with Gasteiger partial charge in [-0.1, -0.05) is 25.3 Å². The smallest absolute Gasteiger partial charge is 0.213 e. The Morgan fingerprint density at radius 1 is 1.41 bits per heavy atom. The van der Waals surface area contributed by atoms with Gasteiger partial charge in [0.15, 0.2) is 0 Å². The molecular weight excluding hydrogens is 212 g/mol. The predicted octanol–water partition coefficient (Wildman–Crippen LogP) is 2.68. The van der Waals surface area contributed by atoms with Crippen molar-refractivity contribution in [2.45, 2.75) is 39.2 Å². The molecule has 0 amide bonds. The van der Waals surface area contributed by atoms with Gasteiger partial charge >= 0.3 is 0 Å². The zero-order chi connectivity index (χ0) is 12.1. The van der Waals surface area contributed by atoms with Crippen LogP contribution in [0.1, 0.15) is 36.9 Å². The van der Waals surface area contributed by atoms with Crippen LogP contribution in [0.4, 0.5) is 0 Å². The lowest BCUT2D eigenvalue weighted by molar-refractivity contribution is 0.217. The average molecular weight is 234 g/mol. The third kappa shape index (κ3) is 3.43. The summed E-state index contributed by atoms with van der Waals surface area (Å²) in [5.74, 6) is 1.67. The van der Waals surface area contributed by atoms with Gasteiger partial charge in [-0.25, -0.2) is 4.98 Å². The van der Waals surface area contributed by atoms with Crippen molar-refractivity contribution in [3.05, 3.63) is 23.4 Å². The van der Waals surface area contributed by atoms with Crippen LogP contribution in [0, 0.1) is 12.8 Å². The molecule has 17 heavy (non-hydrogen) atoms. The number of hydrogen-bond donors (Lipinski definition) is 1. The summed E-state index contributed by atoms with van der Waals surface area (Å²) in [6.45, 7) is 3.70. The molecule has 1 aromatic heterocycles. The van der Waals surface area contributed by atoms with Crippen molar-refractivity contribution in [3.8, 4) is 5.88 Å². The highest BCUT2D eigenvalue weighted by atomic mass is 16.5. The fourth-order valence-electron chi connectivity index (χ4n) is 2.14. The molecule has 0 saturated heterocycles. The number of aromatic nitrogens is 1. The average Bonchev–Trinajstić information content (AvgIpc) is 2.26. The SMILES string of the molecule is CNCc1ccc(OCCC2CCC2)nc1C. The van der Waals surface area contributed by atoms with Crippen LogP contribution in [-0.2, 0) is 6.54 Å². The summed E-state index contributed by atoms with van der Waals surface area (Å²) in [4.78, 5) is 4.47. The van der Waals surface area contributed by atoms with Gasteiger partial charge in [-0.15, -0.1) is 0 Å². The van der Waals surface area contributed by atoms with Crippen LogP contribution < -0.4 is 10.1 Å². The molecule has 0 aromatic carbocycles. The number of ether oxygens (including phenoxy) is 1. The zero-order valence-electron chi connectivity index (χ0n) is 10.8. The molecule has 3 nitrogen and oxygen atoms in total. The van der Waals surface area contributed by atoms with Crippen LogP contribution in [0.5, 0.6) is 5.88 Å². The Morgan fingerprint density at radius 2 is 2.24 bits per heavy atom. The molecule has 94 valence electrons. The van der Waals surface area contributed by atoms with Crippen LogP contribution in [0.2, 0.25) is 0 Å². The molecule has 0 spiro atoms. The molecule has 1 heterocycles. The lowest BCUT2D eigenvalue weighted by atomic mass is 9.83. The van der Waals surface area contributed by atoms with Crippen molar-refractivity contribution >= 4 is 0 Å². The van der Waals surface area contributed by atoms with Gasteiger partial charge in [0.25, 0.3) is 0 Å². The Labute approximate surface area is 104 Å². The predicted molar refractivity (Wildman–Crippen MR) is 69.2 cm³/mol. The molecule has 0 radical (unpaired) electrons. The Morgan fingerprint density at radius 3 is 2.82 bits per heavy atom. The molecule has 0 atom stereocenters. The summed E-state index contributed by atoms with van der Waals surface area (Å²) >= 11 is 0. The fourth-order valence-corrected chi connectivity index (χ4v) is 2.14. The second-order valence-electron chi connectivity index (χ2n) is 4.86. The third-order valence-corrected chi connectivity index (χ3v) is 3.54. The van der Waals surface area contributed by atoms with Gasteiger partial charge in [-0.3, -0.25) is 0 Å². The van der Waals surface area contributed by atoms with Crippen LogP contribution in [-0.4, -0.2) is 18.6 Å². The summed E-state index contributed by atoms with van der Waals surface area (Å²) in [5.41, 5.74) is 2.29. The zero-order valence-corrected chi connectivity index (χ0v) is 10.8. The van der Waals surface area contributed by atoms with E-state index in [1.807, 2.05) is 20.0 Å². The first-order valence-corrected chi connectivity index (χ1v) is 6.53. The highest BCUT2D eigenvalue weighted by Gasteiger charge is 2.16. The fraction of sp³-hybridized carbons (Fsp3) is 0.643. The molecule has 1 aliphatic carbocycles. The first-order chi connectivity index (χ1) is 8.29. The van der Waals surface area contributed by atoms with Crippen LogP contribution in [0.15, 0.2) is 12.1 Å². The molecule has 1 saturated carbocycles. The van der Waals surface area contributed by atoms with Crippen LogP contribution in [0.25, 0.3) is 0 Å². The van der Waals surface area contributed by atoms with E-state index in [-0.39, 0.29) is 0 Å². The molecule has 1 aromatic rings. The third-order valence-electron chi connectivity index (χ3n) is 3.54. The van der Waals surface area contributed by atoms with Crippen molar-refractivity contribution in [1.29, 1.82) is 0 Å². The molecule has 3 heteroatoms. The second kappa shape index (κ2) is 6.01. The topological polar surface area (TPSA) is 34.1 Å². The van der Waals surface area contributed by atoms with Gasteiger partial charge in [0, 0.05) is 18.3 Å². The van der Waals surface area contributed by atoms with Crippen LogP contribution in [0.3, 0.4) is 0 Å². The van der Waals surface area contributed by atoms with Crippen molar-refractivity contribution < 1.29 is 4.74 Å². The van der Waals surface area contributed by atoms with Gasteiger partial charge in [0.1, 0.15) is 0 Å². The van der Waals surface area contributed by atoms with Gasteiger partial charge in [-0.05, 0) is 31.9 Å². The Kier molecular flexibility index (Phi) is 4.37. The van der Waals surface area contributed by atoms with E-state index >= 15 is 0 Å². The Hall–Kier alpha value is -1.09. The van der Waals surface area contributed by atoms with Crippen molar-refractivity contribution in [2.75, 3.05) is 13.7 Å². The van der Waals surface area contributed by atoms with Crippen molar-refractivity contribution in [1.82, 2.24) is 10.3 Å². The second-order valence-corrected chi connectivity index (χ2v) is 4.86. The highest BCUT2D eigenvalue weighted by molar-refractivity contribution is 5.24. The summed E-state index contributed by atoms with van der Waals surface area (Å²) in [5, 5.41) is 3.14. The minimum Gasteiger partial charge on any atom is -0.478 e. The van der Waals surface area contributed by atoms with Crippen molar-refractivity contribution in [3.63, 3.8) is 0 Å². The Balaban J connectivity index is 1.81. The van der Waals surface area contributed by atoms with E-state index in [0.29, 0.717) is 0 Å². The summed E-state index contributed by atoms with van der Waals surface area (Å²) < 4.78 is 5.69. The minimum atomic E-state index is 0.765. The number of rotatable bonds is 6. The minimum absolute atomic E-state index is 0.765. The number of nitrogens with one attached hydrogen (secondary N) is 1. The summed E-state index contributed by atoms with van der Waals surface area (Å²) in [7, 11) is 1.95. The highest BCUT2D eigenvalue weighted by Crippen LogP contribution is 2.29. The molecule has 1 N–H and O–H groups in total. The first-order valence-electron chi connectivity index (χ1n) is 6.53. The number of hydrogen-bond acceptors (Lipinski definition) is 3. The maximum absolute atomic E-state index is 5.69. The molecule has 0 bridgehead atoms. The van der Waals surface area contributed by atoms with Crippen LogP contribution >= 0.6 is 0 Å². The van der Waals surface area contributed by atoms with Crippen molar-refractivity contribution in [2.24, 2.45) is 5.92 Å². The van der Waals surface area contributed by atoms with E-state index in [2.05, 4.69) is 16.4 Å². The number of aryl methyl sites for hydroxylation is 1. The molecular formula is C14H22N2O. The summed E-state index contributed by atoms with van der Waals surface area (Å²) in [6, 6.07) is 4.07. The quantitative estimate of drug-likeness (QED) is 0.821. The van der Waals surface area contributed by atoms with Gasteiger partial charge in [0.2, 0.25) is 5.88 Å². The van der Waals surface area contributed by atoms with E-state index in [0.717, 1.165) is 30.6 Å². The molecule has 0 unspecified atom stereocenters. The lowest BCUT2D eigenvalue weighted by Crippen LogP contribution is -2.15. The van der Waals surface area contributed by atoms with Gasteiger partial charge in [-0.2, -0.15) is 0 Å². The molecule has 0 aliphatic heterocycles. The van der Waals surface area contributed by atoms with E-state index in [1.54, 1.807) is 0 Å². The van der Waals surface area contributed by atoms with Gasteiger partial charge in [0.05, 0.1) is 6.61 Å². The molecule has 1 aliphatic rings. The monoisotopic (exact) mass is 234 g/mol. The lowest BCUT2D eigenvalue weighted by Gasteiger charge is -2.24.